The molecule has 5 atom stereocenters. The van der Waals surface area contributed by atoms with Crippen molar-refractivity contribution in [2.45, 2.75) is 37.1 Å². The first-order valence-corrected chi connectivity index (χ1v) is 3.98. The molecule has 5 unspecified atom stereocenters. The van der Waals surface area contributed by atoms with Crippen LogP contribution >= 0.6 is 0 Å². The van der Waals surface area contributed by atoms with E-state index < -0.39 is 30.2 Å². The van der Waals surface area contributed by atoms with E-state index in [-0.39, 0.29) is 6.61 Å². The Morgan fingerprint density at radius 2 is 1.92 bits per heavy atom. The van der Waals surface area contributed by atoms with Crippen molar-refractivity contribution in [1.82, 2.24) is 0 Å². The summed E-state index contributed by atoms with van der Waals surface area (Å²) in [6.45, 7) is 0.963. The molecule has 1 rings (SSSR count). The third-order valence-corrected chi connectivity index (χ3v) is 2.15. The standard InChI is InChI=1S/C7H14O6/c1-3(8)5(10)7(12)6(11)4(9)2-13-7/h3-6,8-12H,2H2,1H3. The van der Waals surface area contributed by atoms with E-state index in [9.17, 15) is 15.3 Å². The lowest BCUT2D eigenvalue weighted by Gasteiger charge is -2.32. The first kappa shape index (κ1) is 10.8. The molecule has 1 aliphatic heterocycles. The Labute approximate surface area is 75.0 Å². The highest BCUT2D eigenvalue weighted by Crippen LogP contribution is 2.28. The summed E-state index contributed by atoms with van der Waals surface area (Å²) in [5.74, 6) is -2.28. The number of rotatable bonds is 2. The Hall–Kier alpha value is -0.240. The molecule has 0 amide bonds. The van der Waals surface area contributed by atoms with Crippen LogP contribution in [0.15, 0.2) is 0 Å². The monoisotopic (exact) mass is 194 g/mol. The third-order valence-electron chi connectivity index (χ3n) is 2.15. The van der Waals surface area contributed by atoms with Crippen molar-refractivity contribution in [3.05, 3.63) is 0 Å². The molecular weight excluding hydrogens is 180 g/mol. The highest BCUT2D eigenvalue weighted by Gasteiger charge is 2.54. The number of hydrogen-bond donors (Lipinski definition) is 5. The van der Waals surface area contributed by atoms with Gasteiger partial charge in [0, 0.05) is 0 Å². The Morgan fingerprint density at radius 3 is 2.23 bits per heavy atom. The second-order valence-electron chi connectivity index (χ2n) is 3.26. The summed E-state index contributed by atoms with van der Waals surface area (Å²) in [6, 6.07) is 0. The Morgan fingerprint density at radius 1 is 1.38 bits per heavy atom. The minimum Gasteiger partial charge on any atom is -0.390 e. The van der Waals surface area contributed by atoms with E-state index in [2.05, 4.69) is 4.74 Å². The quantitative estimate of drug-likeness (QED) is 0.324. The smallest absolute Gasteiger partial charge is 0.224 e. The van der Waals surface area contributed by atoms with Crippen molar-refractivity contribution in [2.24, 2.45) is 0 Å². The van der Waals surface area contributed by atoms with Crippen LogP contribution in [0.3, 0.4) is 0 Å². The maximum absolute atomic E-state index is 9.53. The van der Waals surface area contributed by atoms with Crippen molar-refractivity contribution in [1.29, 1.82) is 0 Å². The summed E-state index contributed by atoms with van der Waals surface area (Å²) >= 11 is 0. The third kappa shape index (κ3) is 1.69. The van der Waals surface area contributed by atoms with Gasteiger partial charge in [0.1, 0.15) is 18.3 Å². The van der Waals surface area contributed by atoms with Crippen molar-refractivity contribution < 1.29 is 30.3 Å². The molecule has 0 saturated carbocycles. The summed E-state index contributed by atoms with van der Waals surface area (Å²) in [4.78, 5) is 0. The van der Waals surface area contributed by atoms with Gasteiger partial charge in [-0.1, -0.05) is 0 Å². The van der Waals surface area contributed by atoms with Crippen LogP contribution in [0.4, 0.5) is 0 Å². The van der Waals surface area contributed by atoms with E-state index in [1.165, 1.54) is 6.92 Å². The molecule has 78 valence electrons. The molecule has 0 spiro atoms. The van der Waals surface area contributed by atoms with E-state index in [1.807, 2.05) is 0 Å². The second kappa shape index (κ2) is 3.49. The highest BCUT2D eigenvalue weighted by atomic mass is 16.7. The van der Waals surface area contributed by atoms with Crippen molar-refractivity contribution >= 4 is 0 Å². The summed E-state index contributed by atoms with van der Waals surface area (Å²) in [6.07, 6.45) is -5.78. The van der Waals surface area contributed by atoms with Gasteiger partial charge in [0.05, 0.1) is 12.7 Å². The molecule has 0 bridgehead atoms. The van der Waals surface area contributed by atoms with Gasteiger partial charge in [-0.2, -0.15) is 0 Å². The lowest BCUT2D eigenvalue weighted by molar-refractivity contribution is -0.281. The minimum atomic E-state index is -2.28. The second-order valence-corrected chi connectivity index (χ2v) is 3.26. The van der Waals surface area contributed by atoms with Gasteiger partial charge in [-0.15, -0.1) is 0 Å². The molecule has 0 aromatic carbocycles. The van der Waals surface area contributed by atoms with E-state index in [1.54, 1.807) is 0 Å². The van der Waals surface area contributed by atoms with E-state index >= 15 is 0 Å². The van der Waals surface area contributed by atoms with Gasteiger partial charge < -0.3 is 30.3 Å². The molecule has 13 heavy (non-hydrogen) atoms. The fraction of sp³-hybridized carbons (Fsp3) is 1.00. The molecule has 6 nitrogen and oxygen atoms in total. The van der Waals surface area contributed by atoms with Gasteiger partial charge in [0.25, 0.3) is 0 Å². The van der Waals surface area contributed by atoms with E-state index in [0.717, 1.165) is 0 Å². The summed E-state index contributed by atoms with van der Waals surface area (Å²) in [5, 5.41) is 46.0. The van der Waals surface area contributed by atoms with Crippen LogP contribution in [0.25, 0.3) is 0 Å². The lowest BCUT2D eigenvalue weighted by atomic mass is 9.99. The molecule has 6 heteroatoms. The molecule has 0 aromatic heterocycles. The lowest BCUT2D eigenvalue weighted by Crippen LogP contribution is -2.56. The minimum absolute atomic E-state index is 0.276. The Kier molecular flexibility index (Phi) is 2.91. The Balaban J connectivity index is 2.76. The summed E-state index contributed by atoms with van der Waals surface area (Å²) < 4.78 is 4.63. The largest absolute Gasteiger partial charge is 0.390 e. The van der Waals surface area contributed by atoms with Gasteiger partial charge in [0.2, 0.25) is 5.79 Å². The highest BCUT2D eigenvalue weighted by molar-refractivity contribution is 4.96. The molecule has 1 aliphatic rings. The predicted octanol–water partition coefficient (Wildman–Crippen LogP) is -2.83. The molecule has 0 aliphatic carbocycles. The number of aliphatic hydroxyl groups excluding tert-OH is 4. The van der Waals surface area contributed by atoms with Gasteiger partial charge in [0.15, 0.2) is 0 Å². The number of hydrogen-bond acceptors (Lipinski definition) is 6. The van der Waals surface area contributed by atoms with E-state index in [4.69, 9.17) is 10.2 Å². The van der Waals surface area contributed by atoms with Gasteiger partial charge in [-0.3, -0.25) is 0 Å². The normalized spacial score (nSPS) is 44.8. The fourth-order valence-corrected chi connectivity index (χ4v) is 1.28. The molecular formula is C7H14O6. The fourth-order valence-electron chi connectivity index (χ4n) is 1.28. The zero-order chi connectivity index (χ0) is 10.2. The molecule has 0 radical (unpaired) electrons. The summed E-state index contributed by atoms with van der Waals surface area (Å²) in [7, 11) is 0. The first-order chi connectivity index (χ1) is 5.89. The molecule has 1 fully saturated rings. The average molecular weight is 194 g/mol. The van der Waals surface area contributed by atoms with Crippen molar-refractivity contribution in [2.75, 3.05) is 6.61 Å². The number of aliphatic hydroxyl groups is 5. The predicted molar refractivity (Wildman–Crippen MR) is 40.6 cm³/mol. The molecule has 5 N–H and O–H groups in total. The van der Waals surface area contributed by atoms with Crippen LogP contribution in [0.5, 0.6) is 0 Å². The first-order valence-electron chi connectivity index (χ1n) is 3.98. The molecule has 1 heterocycles. The van der Waals surface area contributed by atoms with Crippen molar-refractivity contribution in [3.63, 3.8) is 0 Å². The van der Waals surface area contributed by atoms with Gasteiger partial charge in [-0.05, 0) is 6.92 Å². The number of ether oxygens (including phenoxy) is 1. The Bertz CT molecular complexity index is 184. The van der Waals surface area contributed by atoms with Crippen molar-refractivity contribution in [3.8, 4) is 0 Å². The average Bonchev–Trinajstić information content (AvgIpc) is 2.33. The van der Waals surface area contributed by atoms with Crippen LogP contribution in [-0.2, 0) is 4.74 Å². The van der Waals surface area contributed by atoms with Gasteiger partial charge in [-0.25, -0.2) is 0 Å². The zero-order valence-corrected chi connectivity index (χ0v) is 7.16. The van der Waals surface area contributed by atoms with Crippen LogP contribution in [-0.4, -0.2) is 62.3 Å². The van der Waals surface area contributed by atoms with Crippen LogP contribution in [0.2, 0.25) is 0 Å². The maximum Gasteiger partial charge on any atom is 0.224 e. The zero-order valence-electron chi connectivity index (χ0n) is 7.16. The molecule has 0 aromatic rings. The molecule has 1 saturated heterocycles. The maximum atomic E-state index is 9.53. The van der Waals surface area contributed by atoms with Crippen LogP contribution in [0.1, 0.15) is 6.92 Å². The van der Waals surface area contributed by atoms with Gasteiger partial charge >= 0.3 is 0 Å². The SMILES string of the molecule is CC(O)C(O)C1(O)OCC(O)C1O. The van der Waals surface area contributed by atoms with E-state index in [0.29, 0.717) is 0 Å². The van der Waals surface area contributed by atoms with Crippen LogP contribution < -0.4 is 0 Å². The van der Waals surface area contributed by atoms with Crippen LogP contribution in [0, 0.1) is 0 Å². The summed E-state index contributed by atoms with van der Waals surface area (Å²) in [5.41, 5.74) is 0. The topological polar surface area (TPSA) is 110 Å².